The van der Waals surface area contributed by atoms with E-state index < -0.39 is 16.1 Å². The van der Waals surface area contributed by atoms with E-state index in [1.807, 2.05) is 0 Å². The monoisotopic (exact) mass is 299 g/mol. The number of carbonyl (C=O) groups is 1. The number of nitrogens with two attached hydrogens (primary N) is 2. The molecule has 1 aromatic carbocycles. The molecule has 0 unspecified atom stereocenters. The van der Waals surface area contributed by atoms with Gasteiger partial charge in [0.2, 0.25) is 10.0 Å². The third-order valence-electron chi connectivity index (χ3n) is 2.98. The van der Waals surface area contributed by atoms with E-state index in [0.29, 0.717) is 12.2 Å². The number of primary amides is 1. The Kier molecular flexibility index (Phi) is 5.97. The first-order valence-corrected chi connectivity index (χ1v) is 8.10. The van der Waals surface area contributed by atoms with Gasteiger partial charge in [-0.2, -0.15) is 0 Å². The van der Waals surface area contributed by atoms with Crippen molar-refractivity contribution in [3.8, 4) is 0 Å². The number of unbranched alkanes of at least 4 members (excludes halogenated alkanes) is 3. The highest BCUT2D eigenvalue weighted by Crippen LogP contribution is 2.18. The first-order chi connectivity index (χ1) is 9.36. The lowest BCUT2D eigenvalue weighted by Crippen LogP contribution is -2.36. The first kappa shape index (κ1) is 16.5. The number of anilines is 1. The van der Waals surface area contributed by atoms with Crippen molar-refractivity contribution in [2.24, 2.45) is 10.9 Å². The molecule has 0 saturated heterocycles. The molecule has 112 valence electrons. The summed E-state index contributed by atoms with van der Waals surface area (Å²) in [5.74, 6) is 0. The van der Waals surface area contributed by atoms with Crippen molar-refractivity contribution in [1.82, 2.24) is 0 Å². The number of carbonyl (C=O) groups excluding carboxylic acids is 1. The number of hydrogen-bond acceptors (Lipinski definition) is 3. The van der Waals surface area contributed by atoms with Crippen LogP contribution in [0.5, 0.6) is 0 Å². The smallest absolute Gasteiger partial charge is 0.319 e. The maximum absolute atomic E-state index is 11.5. The molecule has 4 N–H and O–H groups in total. The molecule has 1 aromatic rings. The predicted octanol–water partition coefficient (Wildman–Crippen LogP) is 1.80. The van der Waals surface area contributed by atoms with Crippen molar-refractivity contribution in [1.29, 1.82) is 0 Å². The van der Waals surface area contributed by atoms with Crippen LogP contribution in [0.2, 0.25) is 0 Å². The molecule has 0 aliphatic heterocycles. The Morgan fingerprint density at radius 1 is 1.15 bits per heavy atom. The van der Waals surface area contributed by atoms with Crippen LogP contribution >= 0.6 is 0 Å². The molecule has 0 atom stereocenters. The Hall–Kier alpha value is -1.60. The van der Waals surface area contributed by atoms with Gasteiger partial charge >= 0.3 is 6.03 Å². The zero-order valence-corrected chi connectivity index (χ0v) is 12.4. The summed E-state index contributed by atoms with van der Waals surface area (Å²) in [5.41, 5.74) is 5.92. The van der Waals surface area contributed by atoms with E-state index in [1.54, 1.807) is 0 Å². The maximum Gasteiger partial charge on any atom is 0.319 e. The second-order valence-electron chi connectivity index (χ2n) is 4.59. The topological polar surface area (TPSA) is 106 Å². The molecule has 0 aromatic heterocycles. The average molecular weight is 299 g/mol. The molecule has 0 saturated carbocycles. The van der Waals surface area contributed by atoms with Gasteiger partial charge < -0.3 is 5.73 Å². The summed E-state index contributed by atoms with van der Waals surface area (Å²) in [4.78, 5) is 12.9. The minimum absolute atomic E-state index is 0.0108. The zero-order chi connectivity index (χ0) is 15.2. The van der Waals surface area contributed by atoms with Crippen LogP contribution in [0.1, 0.15) is 32.6 Å². The molecule has 6 nitrogen and oxygen atoms in total. The van der Waals surface area contributed by atoms with Gasteiger partial charge in [-0.1, -0.05) is 26.2 Å². The second kappa shape index (κ2) is 7.25. The maximum atomic E-state index is 11.5. The van der Waals surface area contributed by atoms with Crippen molar-refractivity contribution in [3.05, 3.63) is 24.3 Å². The summed E-state index contributed by atoms with van der Waals surface area (Å²) in [6, 6.07) is 5.25. The van der Waals surface area contributed by atoms with Crippen molar-refractivity contribution in [2.45, 2.75) is 37.5 Å². The van der Waals surface area contributed by atoms with Gasteiger partial charge in [0, 0.05) is 12.2 Å². The summed E-state index contributed by atoms with van der Waals surface area (Å²) in [5, 5.41) is 5.02. The van der Waals surface area contributed by atoms with E-state index in [-0.39, 0.29) is 4.90 Å². The van der Waals surface area contributed by atoms with E-state index >= 15 is 0 Å². The van der Waals surface area contributed by atoms with Crippen LogP contribution in [0.4, 0.5) is 10.5 Å². The minimum Gasteiger partial charge on any atom is -0.351 e. The van der Waals surface area contributed by atoms with Gasteiger partial charge in [-0.25, -0.2) is 18.4 Å². The van der Waals surface area contributed by atoms with Crippen molar-refractivity contribution in [3.63, 3.8) is 0 Å². The van der Waals surface area contributed by atoms with Crippen LogP contribution in [0.15, 0.2) is 29.2 Å². The standard InChI is InChI=1S/C13H21N3O3S/c1-2-3-4-5-10-16(13(14)17)11-6-8-12(9-7-11)20(15,18)19/h6-9H,2-5,10H2,1H3,(H2,14,17)(H2,15,18,19). The quantitative estimate of drug-likeness (QED) is 0.749. The lowest BCUT2D eigenvalue weighted by molar-refractivity contribution is 0.253. The number of urea groups is 1. The van der Waals surface area contributed by atoms with Crippen LogP contribution in [-0.4, -0.2) is 21.0 Å². The summed E-state index contributed by atoms with van der Waals surface area (Å²) in [6.07, 6.45) is 4.10. The van der Waals surface area contributed by atoms with Gasteiger partial charge in [-0.05, 0) is 30.7 Å². The molecule has 2 amide bonds. The molecule has 0 bridgehead atoms. The molecule has 0 fully saturated rings. The summed E-state index contributed by atoms with van der Waals surface area (Å²) < 4.78 is 22.3. The van der Waals surface area contributed by atoms with Crippen LogP contribution in [-0.2, 0) is 10.0 Å². The Morgan fingerprint density at radius 3 is 2.20 bits per heavy atom. The van der Waals surface area contributed by atoms with E-state index in [0.717, 1.165) is 25.7 Å². The lowest BCUT2D eigenvalue weighted by atomic mass is 10.2. The summed E-state index contributed by atoms with van der Waals surface area (Å²) >= 11 is 0. The summed E-state index contributed by atoms with van der Waals surface area (Å²) in [7, 11) is -3.72. The fourth-order valence-electron chi connectivity index (χ4n) is 1.88. The number of primary sulfonamides is 1. The Bertz CT molecular complexity index is 540. The molecule has 0 radical (unpaired) electrons. The van der Waals surface area contributed by atoms with Crippen molar-refractivity contribution >= 4 is 21.7 Å². The van der Waals surface area contributed by atoms with E-state index in [4.69, 9.17) is 10.9 Å². The van der Waals surface area contributed by atoms with Crippen LogP contribution in [0, 0.1) is 0 Å². The number of nitrogens with zero attached hydrogens (tertiary/aromatic N) is 1. The molecular weight excluding hydrogens is 278 g/mol. The number of sulfonamides is 1. The molecule has 0 spiro atoms. The van der Waals surface area contributed by atoms with Gasteiger partial charge in [0.25, 0.3) is 0 Å². The van der Waals surface area contributed by atoms with Gasteiger partial charge in [0.1, 0.15) is 0 Å². The Morgan fingerprint density at radius 2 is 1.75 bits per heavy atom. The van der Waals surface area contributed by atoms with Crippen LogP contribution < -0.4 is 15.8 Å². The predicted molar refractivity (Wildman–Crippen MR) is 78.9 cm³/mol. The minimum atomic E-state index is -3.72. The molecule has 1 rings (SSSR count). The molecule has 0 aliphatic carbocycles. The molecule has 0 heterocycles. The van der Waals surface area contributed by atoms with Crippen molar-refractivity contribution < 1.29 is 13.2 Å². The molecule has 7 heteroatoms. The Balaban J connectivity index is 2.80. The van der Waals surface area contributed by atoms with Gasteiger partial charge in [0.05, 0.1) is 4.90 Å². The van der Waals surface area contributed by atoms with E-state index in [2.05, 4.69) is 6.92 Å². The number of rotatable bonds is 7. The van der Waals surface area contributed by atoms with E-state index in [9.17, 15) is 13.2 Å². The van der Waals surface area contributed by atoms with Crippen LogP contribution in [0.3, 0.4) is 0 Å². The van der Waals surface area contributed by atoms with Crippen LogP contribution in [0.25, 0.3) is 0 Å². The largest absolute Gasteiger partial charge is 0.351 e. The molecular formula is C13H21N3O3S. The highest BCUT2D eigenvalue weighted by Gasteiger charge is 2.13. The Labute approximate surface area is 119 Å². The zero-order valence-electron chi connectivity index (χ0n) is 11.6. The van der Waals surface area contributed by atoms with E-state index in [1.165, 1.54) is 29.2 Å². The fraction of sp³-hybridized carbons (Fsp3) is 0.462. The number of amides is 2. The third-order valence-corrected chi connectivity index (χ3v) is 3.91. The van der Waals surface area contributed by atoms with Gasteiger partial charge in [-0.3, -0.25) is 4.90 Å². The first-order valence-electron chi connectivity index (χ1n) is 6.56. The SMILES string of the molecule is CCCCCCN(C(N)=O)c1ccc(S(N)(=O)=O)cc1. The fourth-order valence-corrected chi connectivity index (χ4v) is 2.39. The number of hydrogen-bond donors (Lipinski definition) is 2. The third kappa shape index (κ3) is 4.82. The highest BCUT2D eigenvalue weighted by atomic mass is 32.2. The lowest BCUT2D eigenvalue weighted by Gasteiger charge is -2.20. The molecule has 20 heavy (non-hydrogen) atoms. The van der Waals surface area contributed by atoms with Gasteiger partial charge in [-0.15, -0.1) is 0 Å². The van der Waals surface area contributed by atoms with Crippen molar-refractivity contribution in [2.75, 3.05) is 11.4 Å². The normalized spacial score (nSPS) is 11.3. The van der Waals surface area contributed by atoms with Gasteiger partial charge in [0.15, 0.2) is 0 Å². The second-order valence-corrected chi connectivity index (χ2v) is 6.15. The highest BCUT2D eigenvalue weighted by molar-refractivity contribution is 7.89. The average Bonchev–Trinajstić information content (AvgIpc) is 2.37. The summed E-state index contributed by atoms with van der Waals surface area (Å²) in [6.45, 7) is 2.63. The molecule has 0 aliphatic rings. The number of benzene rings is 1.